The van der Waals surface area contributed by atoms with Gasteiger partial charge in [0.15, 0.2) is 0 Å². The van der Waals surface area contributed by atoms with Crippen LogP contribution in [0.3, 0.4) is 0 Å². The maximum Gasteiger partial charge on any atom is 0.142 e. The molecule has 0 aromatic heterocycles. The molecule has 0 heterocycles. The van der Waals surface area contributed by atoms with E-state index in [1.807, 2.05) is 0 Å². The Morgan fingerprint density at radius 1 is 1.00 bits per heavy atom. The average Bonchev–Trinajstić information content (AvgIpc) is 2.43. The molecule has 0 radical (unpaired) electrons. The molecule has 3 N–H and O–H groups in total. The van der Waals surface area contributed by atoms with Gasteiger partial charge in [-0.25, -0.2) is 8.78 Å². The SMILES string of the molecule is Nc1ccccc1OCC(O)COc1cc(F)cc(F)c1. The Bertz CT molecular complexity index is 587. The van der Waals surface area contributed by atoms with Crippen molar-refractivity contribution in [3.63, 3.8) is 0 Å². The molecule has 0 fully saturated rings. The molecule has 1 unspecified atom stereocenters. The largest absolute Gasteiger partial charge is 0.491 e. The van der Waals surface area contributed by atoms with Gasteiger partial charge in [-0.05, 0) is 12.1 Å². The van der Waals surface area contributed by atoms with Crippen molar-refractivity contribution < 1.29 is 23.4 Å². The van der Waals surface area contributed by atoms with Crippen LogP contribution in [0.25, 0.3) is 0 Å². The third-order valence-electron chi connectivity index (χ3n) is 2.63. The van der Waals surface area contributed by atoms with Gasteiger partial charge in [0.05, 0.1) is 5.69 Å². The summed E-state index contributed by atoms with van der Waals surface area (Å²) in [6.07, 6.45) is -0.962. The van der Waals surface area contributed by atoms with E-state index in [0.717, 1.165) is 18.2 Å². The fourth-order valence-electron chi connectivity index (χ4n) is 1.65. The normalized spacial score (nSPS) is 12.0. The Balaban J connectivity index is 1.82. The molecule has 2 aromatic carbocycles. The quantitative estimate of drug-likeness (QED) is 0.803. The fourth-order valence-corrected chi connectivity index (χ4v) is 1.65. The van der Waals surface area contributed by atoms with Crippen LogP contribution in [0.4, 0.5) is 14.5 Å². The van der Waals surface area contributed by atoms with Gasteiger partial charge in [-0.1, -0.05) is 12.1 Å². The molecule has 4 nitrogen and oxygen atoms in total. The van der Waals surface area contributed by atoms with Gasteiger partial charge in [-0.15, -0.1) is 0 Å². The number of para-hydroxylation sites is 2. The topological polar surface area (TPSA) is 64.7 Å². The summed E-state index contributed by atoms with van der Waals surface area (Å²) in [4.78, 5) is 0. The number of aliphatic hydroxyl groups excluding tert-OH is 1. The Kier molecular flexibility index (Phi) is 4.94. The zero-order valence-electron chi connectivity index (χ0n) is 11.1. The lowest BCUT2D eigenvalue weighted by Crippen LogP contribution is -2.25. The Labute approximate surface area is 120 Å². The minimum Gasteiger partial charge on any atom is -0.491 e. The lowest BCUT2D eigenvalue weighted by Gasteiger charge is -2.14. The maximum atomic E-state index is 12.9. The van der Waals surface area contributed by atoms with Gasteiger partial charge in [-0.2, -0.15) is 0 Å². The summed E-state index contributed by atoms with van der Waals surface area (Å²) in [6, 6.07) is 9.67. The molecule has 0 saturated heterocycles. The lowest BCUT2D eigenvalue weighted by molar-refractivity contribution is 0.0627. The van der Waals surface area contributed by atoms with Crippen LogP contribution >= 0.6 is 0 Å². The monoisotopic (exact) mass is 295 g/mol. The molecule has 2 aromatic rings. The van der Waals surface area contributed by atoms with Crippen molar-refractivity contribution in [2.24, 2.45) is 0 Å². The molecule has 112 valence electrons. The van der Waals surface area contributed by atoms with Gasteiger partial charge in [-0.3, -0.25) is 0 Å². The predicted octanol–water partition coefficient (Wildman–Crippen LogP) is 2.37. The minimum absolute atomic E-state index is 0.00535. The third-order valence-corrected chi connectivity index (χ3v) is 2.63. The molecule has 0 saturated carbocycles. The molecule has 0 bridgehead atoms. The summed E-state index contributed by atoms with van der Waals surface area (Å²) in [6.45, 7) is -0.207. The van der Waals surface area contributed by atoms with Gasteiger partial charge in [0.1, 0.15) is 42.5 Å². The van der Waals surface area contributed by atoms with E-state index >= 15 is 0 Å². The first-order chi connectivity index (χ1) is 10.0. The number of halogens is 2. The summed E-state index contributed by atoms with van der Waals surface area (Å²) < 4.78 is 36.3. The van der Waals surface area contributed by atoms with Crippen molar-refractivity contribution in [3.05, 3.63) is 54.1 Å². The molecular weight excluding hydrogens is 280 g/mol. The number of hydrogen-bond acceptors (Lipinski definition) is 4. The fraction of sp³-hybridized carbons (Fsp3) is 0.200. The van der Waals surface area contributed by atoms with Crippen LogP contribution in [0.1, 0.15) is 0 Å². The first-order valence-corrected chi connectivity index (χ1v) is 6.29. The molecule has 0 aliphatic carbocycles. The maximum absolute atomic E-state index is 12.9. The van der Waals surface area contributed by atoms with Gasteiger partial charge in [0.2, 0.25) is 0 Å². The predicted molar refractivity (Wildman–Crippen MR) is 74.2 cm³/mol. The molecule has 21 heavy (non-hydrogen) atoms. The summed E-state index contributed by atoms with van der Waals surface area (Å²) in [5.74, 6) is -1.03. The van der Waals surface area contributed by atoms with Crippen LogP contribution in [-0.4, -0.2) is 24.4 Å². The number of rotatable bonds is 6. The summed E-state index contributed by atoms with van der Waals surface area (Å²) in [5.41, 5.74) is 6.14. The number of ether oxygens (including phenoxy) is 2. The zero-order chi connectivity index (χ0) is 15.2. The van der Waals surface area contributed by atoms with E-state index in [2.05, 4.69) is 0 Å². The number of benzene rings is 2. The Morgan fingerprint density at radius 3 is 2.29 bits per heavy atom. The highest BCUT2D eigenvalue weighted by molar-refractivity contribution is 5.51. The van der Waals surface area contributed by atoms with Crippen LogP contribution in [0, 0.1) is 11.6 Å². The molecule has 0 amide bonds. The van der Waals surface area contributed by atoms with E-state index in [-0.39, 0.29) is 19.0 Å². The van der Waals surface area contributed by atoms with Crippen molar-refractivity contribution in [1.82, 2.24) is 0 Å². The van der Waals surface area contributed by atoms with E-state index in [9.17, 15) is 13.9 Å². The van der Waals surface area contributed by atoms with Crippen LogP contribution in [0.15, 0.2) is 42.5 Å². The van der Waals surface area contributed by atoms with Gasteiger partial charge in [0, 0.05) is 18.2 Å². The number of hydrogen-bond donors (Lipinski definition) is 2. The minimum atomic E-state index is -0.962. The third kappa shape index (κ3) is 4.61. The molecule has 6 heteroatoms. The van der Waals surface area contributed by atoms with E-state index in [0.29, 0.717) is 11.4 Å². The van der Waals surface area contributed by atoms with Crippen LogP contribution in [-0.2, 0) is 0 Å². The van der Waals surface area contributed by atoms with Gasteiger partial charge in [0.25, 0.3) is 0 Å². The summed E-state index contributed by atoms with van der Waals surface area (Å²) in [7, 11) is 0. The van der Waals surface area contributed by atoms with Crippen LogP contribution in [0.2, 0.25) is 0 Å². The van der Waals surface area contributed by atoms with E-state index < -0.39 is 17.7 Å². The molecule has 0 spiro atoms. The number of anilines is 1. The van der Waals surface area contributed by atoms with Crippen molar-refractivity contribution in [2.75, 3.05) is 18.9 Å². The number of nitrogens with two attached hydrogens (primary N) is 1. The average molecular weight is 295 g/mol. The molecule has 0 aliphatic heterocycles. The smallest absolute Gasteiger partial charge is 0.142 e. The summed E-state index contributed by atoms with van der Waals surface area (Å²) >= 11 is 0. The van der Waals surface area contributed by atoms with Crippen molar-refractivity contribution in [2.45, 2.75) is 6.10 Å². The molecule has 1 atom stereocenters. The summed E-state index contributed by atoms with van der Waals surface area (Å²) in [5, 5.41) is 9.72. The lowest BCUT2D eigenvalue weighted by atomic mass is 10.3. The first kappa shape index (κ1) is 15.1. The first-order valence-electron chi connectivity index (χ1n) is 6.29. The molecule has 0 aliphatic rings. The second-order valence-corrected chi connectivity index (χ2v) is 4.42. The van der Waals surface area contributed by atoms with Crippen LogP contribution < -0.4 is 15.2 Å². The number of aliphatic hydroxyl groups is 1. The van der Waals surface area contributed by atoms with Crippen molar-refractivity contribution >= 4 is 5.69 Å². The van der Waals surface area contributed by atoms with Crippen LogP contribution in [0.5, 0.6) is 11.5 Å². The van der Waals surface area contributed by atoms with Gasteiger partial charge >= 0.3 is 0 Å². The highest BCUT2D eigenvalue weighted by atomic mass is 19.1. The highest BCUT2D eigenvalue weighted by Crippen LogP contribution is 2.20. The molecular formula is C15H15F2NO3. The second kappa shape index (κ2) is 6.90. The van der Waals surface area contributed by atoms with E-state index in [1.54, 1.807) is 24.3 Å². The Hall–Kier alpha value is -2.34. The highest BCUT2D eigenvalue weighted by Gasteiger charge is 2.09. The molecule has 2 rings (SSSR count). The number of nitrogen functional groups attached to an aromatic ring is 1. The van der Waals surface area contributed by atoms with Crippen molar-refractivity contribution in [1.29, 1.82) is 0 Å². The van der Waals surface area contributed by atoms with Gasteiger partial charge < -0.3 is 20.3 Å². The van der Waals surface area contributed by atoms with E-state index in [1.165, 1.54) is 0 Å². The van der Waals surface area contributed by atoms with E-state index in [4.69, 9.17) is 15.2 Å². The Morgan fingerprint density at radius 2 is 1.62 bits per heavy atom. The standard InChI is InChI=1S/C15H15F2NO3/c16-10-5-11(17)7-13(6-10)20-8-12(19)9-21-15-4-2-1-3-14(15)18/h1-7,12,19H,8-9,18H2. The zero-order valence-corrected chi connectivity index (χ0v) is 11.1. The second-order valence-electron chi connectivity index (χ2n) is 4.42. The van der Waals surface area contributed by atoms with Crippen molar-refractivity contribution in [3.8, 4) is 11.5 Å².